The molecule has 3 N–H and O–H groups in total. The average molecular weight is 299 g/mol. The van der Waals surface area contributed by atoms with Crippen LogP contribution in [-0.4, -0.2) is 33.1 Å². The minimum Gasteiger partial charge on any atom is -0.393 e. The second kappa shape index (κ2) is 6.99. The predicted octanol–water partition coefficient (Wildman–Crippen LogP) is 1.06. The summed E-state index contributed by atoms with van der Waals surface area (Å²) in [5.41, 5.74) is 5.01. The maximum atomic E-state index is 12.0. The monoisotopic (exact) mass is 299 g/mol. The van der Waals surface area contributed by atoms with Gasteiger partial charge in [0.1, 0.15) is 11.3 Å². The number of carbonyl (C=O) groups is 1. The molecule has 1 aromatic carbocycles. The Morgan fingerprint density at radius 3 is 2.75 bits per heavy atom. The average Bonchev–Trinajstić information content (AvgIpc) is 2.35. The molecule has 0 spiro atoms. The molecule has 0 aliphatic rings. The standard InChI is InChI=1S/C12H17N3O4S/c1-8(6-7-20(2)19)14-12(16)9-4-3-5-10(13)11(9)15(17)18/h3-5,8H,6-7,13H2,1-2H3,(H,14,16). The maximum absolute atomic E-state index is 12.0. The molecule has 2 atom stereocenters. The number of hydrogen-bond acceptors (Lipinski definition) is 5. The second-order valence-electron chi connectivity index (χ2n) is 4.44. The van der Waals surface area contributed by atoms with Crippen LogP contribution in [0.5, 0.6) is 0 Å². The zero-order valence-corrected chi connectivity index (χ0v) is 12.1. The molecule has 0 saturated heterocycles. The quantitative estimate of drug-likeness (QED) is 0.463. The highest BCUT2D eigenvalue weighted by molar-refractivity contribution is 7.84. The lowest BCUT2D eigenvalue weighted by molar-refractivity contribution is -0.384. The van der Waals surface area contributed by atoms with Crippen LogP contribution in [0.15, 0.2) is 18.2 Å². The number of nitrogen functional groups attached to an aromatic ring is 1. The van der Waals surface area contributed by atoms with E-state index in [9.17, 15) is 19.1 Å². The van der Waals surface area contributed by atoms with E-state index in [1.54, 1.807) is 13.2 Å². The van der Waals surface area contributed by atoms with Crippen LogP contribution < -0.4 is 11.1 Å². The van der Waals surface area contributed by atoms with E-state index in [-0.39, 0.29) is 17.3 Å². The molecule has 7 nitrogen and oxygen atoms in total. The van der Waals surface area contributed by atoms with Gasteiger partial charge in [0.25, 0.3) is 5.91 Å². The molecular weight excluding hydrogens is 282 g/mol. The molecular formula is C12H17N3O4S. The van der Waals surface area contributed by atoms with Crippen molar-refractivity contribution in [3.05, 3.63) is 33.9 Å². The van der Waals surface area contributed by atoms with Crippen molar-refractivity contribution in [2.45, 2.75) is 19.4 Å². The number of carbonyl (C=O) groups excluding carboxylic acids is 1. The van der Waals surface area contributed by atoms with Gasteiger partial charge in [-0.05, 0) is 25.5 Å². The molecule has 0 radical (unpaired) electrons. The summed E-state index contributed by atoms with van der Waals surface area (Å²) in [6.07, 6.45) is 2.11. The number of nitrogens with two attached hydrogens (primary N) is 1. The lowest BCUT2D eigenvalue weighted by atomic mass is 10.1. The van der Waals surface area contributed by atoms with Crippen LogP contribution >= 0.6 is 0 Å². The first kappa shape index (κ1) is 16.1. The number of nitro groups is 1. The number of benzene rings is 1. The van der Waals surface area contributed by atoms with Gasteiger partial charge in [-0.2, -0.15) is 0 Å². The normalized spacial score (nSPS) is 13.5. The Kier molecular flexibility index (Phi) is 5.63. The number of rotatable bonds is 6. The molecule has 0 aromatic heterocycles. The summed E-state index contributed by atoms with van der Waals surface area (Å²) in [6, 6.07) is 3.99. The molecule has 0 heterocycles. The summed E-state index contributed by atoms with van der Waals surface area (Å²) in [4.78, 5) is 22.3. The summed E-state index contributed by atoms with van der Waals surface area (Å²) in [5, 5.41) is 13.6. The van der Waals surface area contributed by atoms with E-state index >= 15 is 0 Å². The van der Waals surface area contributed by atoms with E-state index in [1.807, 2.05) is 0 Å². The summed E-state index contributed by atoms with van der Waals surface area (Å²) in [5.74, 6) is -0.0983. The highest BCUT2D eigenvalue weighted by atomic mass is 32.2. The van der Waals surface area contributed by atoms with Crippen LogP contribution in [-0.2, 0) is 10.8 Å². The van der Waals surface area contributed by atoms with Gasteiger partial charge in [-0.3, -0.25) is 19.1 Å². The topological polar surface area (TPSA) is 115 Å². The van der Waals surface area contributed by atoms with Crippen molar-refractivity contribution < 1.29 is 13.9 Å². The SMILES string of the molecule is CC(CCS(C)=O)NC(=O)c1cccc(N)c1[N+](=O)[O-]. The molecule has 110 valence electrons. The Bertz CT molecular complexity index is 548. The Hall–Kier alpha value is -1.96. The Morgan fingerprint density at radius 2 is 2.20 bits per heavy atom. The predicted molar refractivity (Wildman–Crippen MR) is 78.0 cm³/mol. The first-order valence-electron chi connectivity index (χ1n) is 5.96. The number of anilines is 1. The fourth-order valence-electron chi connectivity index (χ4n) is 1.66. The number of nitro benzene ring substituents is 1. The molecule has 1 amide bonds. The molecule has 0 fully saturated rings. The van der Waals surface area contributed by atoms with Crippen molar-refractivity contribution in [3.8, 4) is 0 Å². The van der Waals surface area contributed by atoms with Gasteiger partial charge in [0.15, 0.2) is 0 Å². The van der Waals surface area contributed by atoms with E-state index in [0.29, 0.717) is 12.2 Å². The highest BCUT2D eigenvalue weighted by Crippen LogP contribution is 2.25. The smallest absolute Gasteiger partial charge is 0.304 e. The van der Waals surface area contributed by atoms with E-state index in [1.165, 1.54) is 18.2 Å². The Labute approximate surface area is 119 Å². The lowest BCUT2D eigenvalue weighted by Gasteiger charge is -2.13. The van der Waals surface area contributed by atoms with Crippen molar-refractivity contribution in [2.24, 2.45) is 0 Å². The number of hydrogen-bond donors (Lipinski definition) is 2. The van der Waals surface area contributed by atoms with Crippen LogP contribution in [0.2, 0.25) is 0 Å². The fourth-order valence-corrected chi connectivity index (χ4v) is 2.35. The van der Waals surface area contributed by atoms with Crippen LogP contribution in [0.25, 0.3) is 0 Å². The van der Waals surface area contributed by atoms with Gasteiger partial charge >= 0.3 is 5.69 Å². The third kappa shape index (κ3) is 4.30. The van der Waals surface area contributed by atoms with E-state index in [2.05, 4.69) is 5.32 Å². The Balaban J connectivity index is 2.85. The third-order valence-corrected chi connectivity index (χ3v) is 3.52. The van der Waals surface area contributed by atoms with Gasteiger partial charge in [0.05, 0.1) is 4.92 Å². The number of amides is 1. The summed E-state index contributed by atoms with van der Waals surface area (Å²) in [6.45, 7) is 1.75. The minimum absolute atomic E-state index is 0.0510. The van der Waals surface area contributed by atoms with Crippen molar-refractivity contribution in [1.82, 2.24) is 5.32 Å². The van der Waals surface area contributed by atoms with Crippen molar-refractivity contribution in [2.75, 3.05) is 17.7 Å². The first-order valence-corrected chi connectivity index (χ1v) is 7.69. The van der Waals surface area contributed by atoms with Gasteiger partial charge in [-0.1, -0.05) is 6.07 Å². The molecule has 0 bridgehead atoms. The molecule has 8 heteroatoms. The van der Waals surface area contributed by atoms with Crippen molar-refractivity contribution >= 4 is 28.1 Å². The van der Waals surface area contributed by atoms with Crippen molar-refractivity contribution in [1.29, 1.82) is 0 Å². The molecule has 0 saturated carbocycles. The van der Waals surface area contributed by atoms with Gasteiger partial charge < -0.3 is 11.1 Å². The molecule has 0 aliphatic heterocycles. The number of para-hydroxylation sites is 1. The van der Waals surface area contributed by atoms with Gasteiger partial charge in [-0.15, -0.1) is 0 Å². The van der Waals surface area contributed by atoms with Crippen LogP contribution in [0, 0.1) is 10.1 Å². The zero-order valence-electron chi connectivity index (χ0n) is 11.3. The molecule has 1 aromatic rings. The molecule has 20 heavy (non-hydrogen) atoms. The highest BCUT2D eigenvalue weighted by Gasteiger charge is 2.23. The lowest BCUT2D eigenvalue weighted by Crippen LogP contribution is -2.34. The summed E-state index contributed by atoms with van der Waals surface area (Å²) >= 11 is 0. The van der Waals surface area contributed by atoms with E-state index in [0.717, 1.165) is 0 Å². The number of nitrogens with zero attached hydrogens (tertiary/aromatic N) is 1. The Morgan fingerprint density at radius 1 is 1.55 bits per heavy atom. The van der Waals surface area contributed by atoms with Crippen LogP contribution in [0.4, 0.5) is 11.4 Å². The first-order chi connectivity index (χ1) is 9.32. The zero-order chi connectivity index (χ0) is 15.3. The molecule has 0 aliphatic carbocycles. The summed E-state index contributed by atoms with van der Waals surface area (Å²) in [7, 11) is -0.940. The van der Waals surface area contributed by atoms with Crippen molar-refractivity contribution in [3.63, 3.8) is 0 Å². The van der Waals surface area contributed by atoms with E-state index < -0.39 is 27.3 Å². The van der Waals surface area contributed by atoms with Crippen LogP contribution in [0.1, 0.15) is 23.7 Å². The molecule has 2 unspecified atom stereocenters. The second-order valence-corrected chi connectivity index (χ2v) is 6.00. The summed E-state index contributed by atoms with van der Waals surface area (Å²) < 4.78 is 11.0. The fraction of sp³-hybridized carbons (Fsp3) is 0.417. The number of nitrogens with one attached hydrogen (secondary N) is 1. The van der Waals surface area contributed by atoms with Gasteiger partial charge in [0.2, 0.25) is 0 Å². The van der Waals surface area contributed by atoms with Gasteiger partial charge in [-0.25, -0.2) is 0 Å². The largest absolute Gasteiger partial charge is 0.393 e. The van der Waals surface area contributed by atoms with Crippen LogP contribution in [0.3, 0.4) is 0 Å². The van der Waals surface area contributed by atoms with Gasteiger partial charge in [0, 0.05) is 28.9 Å². The maximum Gasteiger partial charge on any atom is 0.304 e. The third-order valence-electron chi connectivity index (χ3n) is 2.71. The van der Waals surface area contributed by atoms with E-state index in [4.69, 9.17) is 5.73 Å². The minimum atomic E-state index is -0.940. The molecule has 1 rings (SSSR count).